The lowest BCUT2D eigenvalue weighted by Crippen LogP contribution is -2.17. The van der Waals surface area contributed by atoms with Gasteiger partial charge in [0.1, 0.15) is 0 Å². The number of benzene rings is 1. The van der Waals surface area contributed by atoms with Crippen molar-refractivity contribution in [3.63, 3.8) is 0 Å². The van der Waals surface area contributed by atoms with Crippen molar-refractivity contribution < 1.29 is 4.79 Å². The third-order valence-electron chi connectivity index (χ3n) is 1.77. The van der Waals surface area contributed by atoms with Gasteiger partial charge < -0.3 is 5.32 Å². The van der Waals surface area contributed by atoms with Crippen molar-refractivity contribution in [1.82, 2.24) is 5.32 Å². The normalized spacial score (nSPS) is 10.3. The van der Waals surface area contributed by atoms with Gasteiger partial charge in [-0.2, -0.15) is 0 Å². The van der Waals surface area contributed by atoms with Crippen LogP contribution in [0.4, 0.5) is 0 Å². The number of aryl methyl sites for hydroxylation is 1. The fraction of sp³-hybridized carbons (Fsp3) is 0.182. The maximum atomic E-state index is 11.5. The first-order chi connectivity index (χ1) is 6.25. The molecule has 0 unspecified atom stereocenters. The molecule has 1 N–H and O–H groups in total. The van der Waals surface area contributed by atoms with Crippen LogP contribution in [-0.4, -0.2) is 5.91 Å². The lowest BCUT2D eigenvalue weighted by molar-refractivity contribution is 0.0969. The van der Waals surface area contributed by atoms with Crippen LogP contribution >= 0.6 is 0 Å². The zero-order valence-corrected chi connectivity index (χ0v) is 7.87. The molecule has 0 aromatic heterocycles. The molecule has 0 saturated heterocycles. The van der Waals surface area contributed by atoms with Crippen LogP contribution in [0.2, 0.25) is 0 Å². The van der Waals surface area contributed by atoms with Gasteiger partial charge in [-0.05, 0) is 31.7 Å². The molecule has 0 aliphatic carbocycles. The van der Waals surface area contributed by atoms with E-state index in [0.29, 0.717) is 0 Å². The van der Waals surface area contributed by atoms with Gasteiger partial charge in [0.15, 0.2) is 0 Å². The molecule has 2 heteroatoms. The molecule has 0 radical (unpaired) electrons. The third kappa shape index (κ3) is 2.44. The van der Waals surface area contributed by atoms with Crippen molar-refractivity contribution in [3.8, 4) is 0 Å². The molecule has 0 fully saturated rings. The Morgan fingerprint density at radius 3 is 2.69 bits per heavy atom. The highest BCUT2D eigenvalue weighted by Gasteiger charge is 2.04. The molecule has 1 aromatic rings. The van der Waals surface area contributed by atoms with Gasteiger partial charge in [-0.1, -0.05) is 24.3 Å². The summed E-state index contributed by atoms with van der Waals surface area (Å²) in [5.74, 6) is -0.0591. The first-order valence-corrected chi connectivity index (χ1v) is 4.23. The van der Waals surface area contributed by atoms with E-state index in [0.717, 1.165) is 11.1 Å². The van der Waals surface area contributed by atoms with E-state index < -0.39 is 0 Å². The van der Waals surface area contributed by atoms with Crippen LogP contribution in [0, 0.1) is 6.92 Å². The SMILES string of the molecule is CC=CNC(=O)c1ccccc1C. The van der Waals surface area contributed by atoms with Gasteiger partial charge in [-0.25, -0.2) is 0 Å². The molecule has 68 valence electrons. The Kier molecular flexibility index (Phi) is 3.26. The molecular formula is C11H13NO. The number of amides is 1. The molecule has 0 atom stereocenters. The standard InChI is InChI=1S/C11H13NO/c1-3-8-12-11(13)10-7-5-4-6-9(10)2/h3-8H,1-2H3,(H,12,13). The van der Waals surface area contributed by atoms with Crippen molar-refractivity contribution in [3.05, 3.63) is 47.7 Å². The average molecular weight is 175 g/mol. The summed E-state index contributed by atoms with van der Waals surface area (Å²) >= 11 is 0. The average Bonchev–Trinajstić information content (AvgIpc) is 2.15. The predicted molar refractivity (Wildman–Crippen MR) is 53.5 cm³/mol. The zero-order chi connectivity index (χ0) is 9.68. The lowest BCUT2D eigenvalue weighted by atomic mass is 10.1. The Morgan fingerprint density at radius 1 is 1.38 bits per heavy atom. The second-order valence-corrected chi connectivity index (χ2v) is 2.79. The van der Waals surface area contributed by atoms with Crippen molar-refractivity contribution in [2.75, 3.05) is 0 Å². The Morgan fingerprint density at radius 2 is 2.08 bits per heavy atom. The lowest BCUT2D eigenvalue weighted by Gasteiger charge is -2.02. The van der Waals surface area contributed by atoms with Gasteiger partial charge in [0, 0.05) is 5.56 Å². The van der Waals surface area contributed by atoms with Gasteiger partial charge >= 0.3 is 0 Å². The Labute approximate surface area is 78.3 Å². The minimum Gasteiger partial charge on any atom is -0.329 e. The van der Waals surface area contributed by atoms with E-state index in [4.69, 9.17) is 0 Å². The molecule has 0 spiro atoms. The van der Waals surface area contributed by atoms with Crippen LogP contribution in [0.3, 0.4) is 0 Å². The van der Waals surface area contributed by atoms with Crippen molar-refractivity contribution in [2.45, 2.75) is 13.8 Å². The first-order valence-electron chi connectivity index (χ1n) is 4.23. The largest absolute Gasteiger partial charge is 0.329 e. The van der Waals surface area contributed by atoms with E-state index >= 15 is 0 Å². The summed E-state index contributed by atoms with van der Waals surface area (Å²) in [7, 11) is 0. The summed E-state index contributed by atoms with van der Waals surface area (Å²) in [6.07, 6.45) is 3.42. The Balaban J connectivity index is 2.83. The van der Waals surface area contributed by atoms with Crippen LogP contribution in [0.15, 0.2) is 36.5 Å². The van der Waals surface area contributed by atoms with E-state index in [1.54, 1.807) is 12.3 Å². The number of carbonyl (C=O) groups excluding carboxylic acids is 1. The van der Waals surface area contributed by atoms with Gasteiger partial charge in [0.25, 0.3) is 5.91 Å². The fourth-order valence-electron chi connectivity index (χ4n) is 1.06. The van der Waals surface area contributed by atoms with E-state index in [1.165, 1.54) is 0 Å². The molecular weight excluding hydrogens is 162 g/mol. The van der Waals surface area contributed by atoms with Crippen molar-refractivity contribution in [2.24, 2.45) is 0 Å². The molecule has 0 aliphatic heterocycles. The number of carbonyl (C=O) groups is 1. The fourth-order valence-corrected chi connectivity index (χ4v) is 1.06. The molecule has 0 saturated carbocycles. The van der Waals surface area contributed by atoms with Gasteiger partial charge in [0.2, 0.25) is 0 Å². The number of hydrogen-bond acceptors (Lipinski definition) is 1. The molecule has 1 amide bonds. The van der Waals surface area contributed by atoms with Crippen LogP contribution in [0.1, 0.15) is 22.8 Å². The molecule has 0 heterocycles. The second-order valence-electron chi connectivity index (χ2n) is 2.79. The van der Waals surface area contributed by atoms with Gasteiger partial charge in [-0.15, -0.1) is 0 Å². The highest BCUT2D eigenvalue weighted by molar-refractivity contribution is 5.96. The molecule has 2 nitrogen and oxygen atoms in total. The molecule has 0 bridgehead atoms. The van der Waals surface area contributed by atoms with Crippen molar-refractivity contribution >= 4 is 5.91 Å². The van der Waals surface area contributed by atoms with Gasteiger partial charge in [-0.3, -0.25) is 4.79 Å². The number of nitrogens with one attached hydrogen (secondary N) is 1. The number of hydrogen-bond donors (Lipinski definition) is 1. The van der Waals surface area contributed by atoms with Crippen LogP contribution < -0.4 is 5.32 Å². The van der Waals surface area contributed by atoms with Crippen molar-refractivity contribution in [1.29, 1.82) is 0 Å². The van der Waals surface area contributed by atoms with Crippen LogP contribution in [-0.2, 0) is 0 Å². The minimum absolute atomic E-state index is 0.0591. The van der Waals surface area contributed by atoms with Crippen LogP contribution in [0.5, 0.6) is 0 Å². The zero-order valence-electron chi connectivity index (χ0n) is 7.87. The smallest absolute Gasteiger partial charge is 0.255 e. The minimum atomic E-state index is -0.0591. The van der Waals surface area contributed by atoms with E-state index in [9.17, 15) is 4.79 Å². The highest BCUT2D eigenvalue weighted by Crippen LogP contribution is 2.05. The Bertz CT molecular complexity index is 329. The molecule has 1 rings (SSSR count). The second kappa shape index (κ2) is 4.45. The quantitative estimate of drug-likeness (QED) is 0.734. The number of allylic oxidation sites excluding steroid dienone is 1. The predicted octanol–water partition coefficient (Wildman–Crippen LogP) is 2.26. The maximum absolute atomic E-state index is 11.5. The summed E-state index contributed by atoms with van der Waals surface area (Å²) < 4.78 is 0. The van der Waals surface area contributed by atoms with Crippen LogP contribution in [0.25, 0.3) is 0 Å². The summed E-state index contributed by atoms with van der Waals surface area (Å²) in [6, 6.07) is 7.51. The molecule has 0 aliphatic rings. The molecule has 1 aromatic carbocycles. The third-order valence-corrected chi connectivity index (χ3v) is 1.77. The summed E-state index contributed by atoms with van der Waals surface area (Å²) in [6.45, 7) is 3.78. The maximum Gasteiger partial charge on any atom is 0.255 e. The van der Waals surface area contributed by atoms with E-state index in [1.807, 2.05) is 38.1 Å². The number of rotatable bonds is 2. The highest BCUT2D eigenvalue weighted by atomic mass is 16.1. The Hall–Kier alpha value is -1.57. The summed E-state index contributed by atoms with van der Waals surface area (Å²) in [5.41, 5.74) is 1.71. The van der Waals surface area contributed by atoms with E-state index in [-0.39, 0.29) is 5.91 Å². The summed E-state index contributed by atoms with van der Waals surface area (Å²) in [5, 5.41) is 2.67. The first kappa shape index (κ1) is 9.52. The monoisotopic (exact) mass is 175 g/mol. The van der Waals surface area contributed by atoms with E-state index in [2.05, 4.69) is 5.32 Å². The van der Waals surface area contributed by atoms with Gasteiger partial charge in [0.05, 0.1) is 0 Å². The molecule has 13 heavy (non-hydrogen) atoms. The summed E-state index contributed by atoms with van der Waals surface area (Å²) in [4.78, 5) is 11.5. The topological polar surface area (TPSA) is 29.1 Å².